The topological polar surface area (TPSA) is 48.9 Å². The number of hydrogen-bond acceptors (Lipinski definition) is 2. The van der Waals surface area contributed by atoms with Crippen molar-refractivity contribution in [3.05, 3.63) is 40.8 Å². The molecule has 1 heterocycles. The predicted molar refractivity (Wildman–Crippen MR) is 71.8 cm³/mol. The van der Waals surface area contributed by atoms with E-state index in [1.807, 2.05) is 37.4 Å². The lowest BCUT2D eigenvalue weighted by atomic mass is 10.1. The van der Waals surface area contributed by atoms with Gasteiger partial charge in [-0.2, -0.15) is 0 Å². The minimum absolute atomic E-state index is 0.0965. The molecule has 0 radical (unpaired) electrons. The number of nitrogens with one attached hydrogen (secondary N) is 1. The lowest BCUT2D eigenvalue weighted by Gasteiger charge is -2.07. The van der Waals surface area contributed by atoms with Crippen LogP contribution < -0.4 is 0 Å². The lowest BCUT2D eigenvalue weighted by molar-refractivity contribution is 0.258. The van der Waals surface area contributed by atoms with Gasteiger partial charge >= 0.3 is 0 Å². The number of aromatic nitrogens is 2. The minimum atomic E-state index is 0.0965. The fourth-order valence-corrected chi connectivity index (χ4v) is 1.99. The Kier molecular flexibility index (Phi) is 3.97. The van der Waals surface area contributed by atoms with Crippen molar-refractivity contribution in [2.24, 2.45) is 0 Å². The van der Waals surface area contributed by atoms with Crippen molar-refractivity contribution in [3.8, 4) is 11.3 Å². The van der Waals surface area contributed by atoms with E-state index in [-0.39, 0.29) is 12.5 Å². The highest BCUT2D eigenvalue weighted by atomic mass is 79.9. The molecule has 3 nitrogen and oxygen atoms in total. The number of hydrogen-bond donors (Lipinski definition) is 2. The maximum absolute atomic E-state index is 9.23. The summed E-state index contributed by atoms with van der Waals surface area (Å²) in [5.41, 5.74) is 2.08. The fourth-order valence-electron chi connectivity index (χ4n) is 1.73. The Hall–Kier alpha value is -1.13. The number of imidazole rings is 1. The monoisotopic (exact) mass is 294 g/mol. The SMILES string of the molecule is CCC(CO)c1ncc(-c2ccc(Br)cc2)[nH]1. The van der Waals surface area contributed by atoms with Crippen LogP contribution in [0, 0.1) is 0 Å². The lowest BCUT2D eigenvalue weighted by Crippen LogP contribution is -2.04. The van der Waals surface area contributed by atoms with Gasteiger partial charge in [-0.05, 0) is 24.1 Å². The van der Waals surface area contributed by atoms with E-state index in [9.17, 15) is 5.11 Å². The molecule has 0 bridgehead atoms. The molecule has 0 aliphatic heterocycles. The van der Waals surface area contributed by atoms with Crippen molar-refractivity contribution in [2.45, 2.75) is 19.3 Å². The van der Waals surface area contributed by atoms with E-state index in [4.69, 9.17) is 0 Å². The molecule has 0 aliphatic rings. The van der Waals surface area contributed by atoms with Gasteiger partial charge in [0.1, 0.15) is 5.82 Å². The first kappa shape index (κ1) is 12.3. The molecule has 0 amide bonds. The Bertz CT molecular complexity index is 474. The quantitative estimate of drug-likeness (QED) is 0.909. The average molecular weight is 295 g/mol. The zero-order chi connectivity index (χ0) is 12.3. The van der Waals surface area contributed by atoms with Crippen LogP contribution in [0.5, 0.6) is 0 Å². The first-order chi connectivity index (χ1) is 8.24. The van der Waals surface area contributed by atoms with E-state index < -0.39 is 0 Å². The first-order valence-corrected chi connectivity index (χ1v) is 6.45. The van der Waals surface area contributed by atoms with Crippen LogP contribution in [0.2, 0.25) is 0 Å². The van der Waals surface area contributed by atoms with Crippen molar-refractivity contribution in [1.82, 2.24) is 9.97 Å². The molecule has 90 valence electrons. The van der Waals surface area contributed by atoms with Gasteiger partial charge in [0.15, 0.2) is 0 Å². The number of H-pyrrole nitrogens is 1. The van der Waals surface area contributed by atoms with Crippen LogP contribution in [0.25, 0.3) is 11.3 Å². The Balaban J connectivity index is 2.26. The van der Waals surface area contributed by atoms with Gasteiger partial charge in [-0.3, -0.25) is 0 Å². The van der Waals surface area contributed by atoms with Crippen LogP contribution in [0.15, 0.2) is 34.9 Å². The maximum atomic E-state index is 9.23. The van der Waals surface area contributed by atoms with Crippen molar-refractivity contribution in [1.29, 1.82) is 0 Å². The second-order valence-electron chi connectivity index (χ2n) is 3.98. The first-order valence-electron chi connectivity index (χ1n) is 5.66. The van der Waals surface area contributed by atoms with Gasteiger partial charge in [-0.1, -0.05) is 35.0 Å². The molecule has 1 aromatic carbocycles. The highest BCUT2D eigenvalue weighted by Crippen LogP contribution is 2.23. The standard InChI is InChI=1S/C13H15BrN2O/c1-2-9(8-17)13-15-7-12(16-13)10-3-5-11(14)6-4-10/h3-7,9,17H,2,8H2,1H3,(H,15,16). The van der Waals surface area contributed by atoms with Crippen LogP contribution in [-0.4, -0.2) is 21.7 Å². The summed E-state index contributed by atoms with van der Waals surface area (Å²) >= 11 is 3.41. The zero-order valence-corrected chi connectivity index (χ0v) is 11.2. The molecule has 4 heteroatoms. The zero-order valence-electron chi connectivity index (χ0n) is 9.65. The number of aromatic amines is 1. The van der Waals surface area contributed by atoms with E-state index >= 15 is 0 Å². The molecule has 2 rings (SSSR count). The smallest absolute Gasteiger partial charge is 0.111 e. The maximum Gasteiger partial charge on any atom is 0.111 e. The summed E-state index contributed by atoms with van der Waals surface area (Å²) in [6.45, 7) is 2.17. The largest absolute Gasteiger partial charge is 0.396 e. The third-order valence-corrected chi connectivity index (χ3v) is 3.38. The second-order valence-corrected chi connectivity index (χ2v) is 4.89. The molecule has 0 spiro atoms. The third-order valence-electron chi connectivity index (χ3n) is 2.85. The van der Waals surface area contributed by atoms with Crippen LogP contribution in [0.3, 0.4) is 0 Å². The summed E-state index contributed by atoms with van der Waals surface area (Å²) in [4.78, 5) is 7.59. The number of nitrogens with zero attached hydrogens (tertiary/aromatic N) is 1. The molecule has 2 aromatic rings. The van der Waals surface area contributed by atoms with E-state index in [0.717, 1.165) is 28.0 Å². The van der Waals surface area contributed by atoms with Crippen LogP contribution in [0.4, 0.5) is 0 Å². The van der Waals surface area contributed by atoms with Gasteiger partial charge in [0.2, 0.25) is 0 Å². The van der Waals surface area contributed by atoms with Crippen molar-refractivity contribution >= 4 is 15.9 Å². The van der Waals surface area contributed by atoms with E-state index in [0.29, 0.717) is 0 Å². The predicted octanol–water partition coefficient (Wildman–Crippen LogP) is 3.33. The summed E-state index contributed by atoms with van der Waals surface area (Å²) in [6.07, 6.45) is 2.70. The number of halogens is 1. The summed E-state index contributed by atoms with van der Waals surface area (Å²) < 4.78 is 1.06. The van der Waals surface area contributed by atoms with E-state index in [1.54, 1.807) is 0 Å². The number of benzene rings is 1. The summed E-state index contributed by atoms with van der Waals surface area (Å²) in [7, 11) is 0. The molecule has 0 saturated carbocycles. The van der Waals surface area contributed by atoms with Crippen molar-refractivity contribution in [2.75, 3.05) is 6.61 Å². The summed E-state index contributed by atoms with van der Waals surface area (Å²) in [5, 5.41) is 9.23. The molecule has 17 heavy (non-hydrogen) atoms. The van der Waals surface area contributed by atoms with Crippen LogP contribution in [0.1, 0.15) is 25.1 Å². The molecule has 0 fully saturated rings. The minimum Gasteiger partial charge on any atom is -0.396 e. The van der Waals surface area contributed by atoms with Crippen LogP contribution in [-0.2, 0) is 0 Å². The highest BCUT2D eigenvalue weighted by molar-refractivity contribution is 9.10. The fraction of sp³-hybridized carbons (Fsp3) is 0.308. The summed E-state index contributed by atoms with van der Waals surface area (Å²) in [5.74, 6) is 0.951. The molecular weight excluding hydrogens is 280 g/mol. The molecule has 0 saturated heterocycles. The Morgan fingerprint density at radius 1 is 1.35 bits per heavy atom. The normalized spacial score (nSPS) is 12.6. The van der Waals surface area contributed by atoms with Crippen LogP contribution >= 0.6 is 15.9 Å². The Morgan fingerprint density at radius 3 is 2.65 bits per heavy atom. The Morgan fingerprint density at radius 2 is 2.06 bits per heavy atom. The highest BCUT2D eigenvalue weighted by Gasteiger charge is 2.12. The molecule has 1 aromatic heterocycles. The van der Waals surface area contributed by atoms with Gasteiger partial charge in [-0.25, -0.2) is 4.98 Å². The summed E-state index contributed by atoms with van der Waals surface area (Å²) in [6, 6.07) is 8.06. The van der Waals surface area contributed by atoms with Gasteiger partial charge in [-0.15, -0.1) is 0 Å². The molecular formula is C13H15BrN2O. The average Bonchev–Trinajstić information content (AvgIpc) is 2.81. The van der Waals surface area contributed by atoms with Crippen molar-refractivity contribution < 1.29 is 5.11 Å². The number of aliphatic hydroxyl groups is 1. The third kappa shape index (κ3) is 2.76. The molecule has 0 aliphatic carbocycles. The van der Waals surface area contributed by atoms with Gasteiger partial charge in [0, 0.05) is 10.4 Å². The van der Waals surface area contributed by atoms with E-state index in [2.05, 4.69) is 25.9 Å². The Labute approximate surface area is 109 Å². The molecule has 1 unspecified atom stereocenters. The molecule has 1 atom stereocenters. The number of aliphatic hydroxyl groups excluding tert-OH is 1. The van der Waals surface area contributed by atoms with Crippen molar-refractivity contribution in [3.63, 3.8) is 0 Å². The van der Waals surface area contributed by atoms with Gasteiger partial charge < -0.3 is 10.1 Å². The van der Waals surface area contributed by atoms with Gasteiger partial charge in [0.05, 0.1) is 18.5 Å². The van der Waals surface area contributed by atoms with E-state index in [1.165, 1.54) is 0 Å². The molecule has 2 N–H and O–H groups in total. The number of rotatable bonds is 4. The van der Waals surface area contributed by atoms with Gasteiger partial charge in [0.25, 0.3) is 0 Å². The second kappa shape index (κ2) is 5.47.